The molecule has 2 atom stereocenters. The first-order valence-electron chi connectivity index (χ1n) is 9.36. The molecule has 26 heavy (non-hydrogen) atoms. The molecule has 0 saturated carbocycles. The van der Waals surface area contributed by atoms with Crippen molar-refractivity contribution >= 4 is 5.97 Å². The topological polar surface area (TPSA) is 49.8 Å². The van der Waals surface area contributed by atoms with Gasteiger partial charge in [0, 0.05) is 18.9 Å². The van der Waals surface area contributed by atoms with Crippen LogP contribution in [0.15, 0.2) is 60.7 Å². The van der Waals surface area contributed by atoms with E-state index < -0.39 is 17.3 Å². The Bertz CT molecular complexity index is 733. The normalized spacial score (nSPS) is 25.8. The monoisotopic (exact) mass is 351 g/mol. The molecule has 4 nitrogen and oxygen atoms in total. The highest BCUT2D eigenvalue weighted by atomic mass is 16.6. The molecule has 0 amide bonds. The summed E-state index contributed by atoms with van der Waals surface area (Å²) in [6.45, 7) is 0. The van der Waals surface area contributed by atoms with Gasteiger partial charge in [-0.15, -0.1) is 0 Å². The number of ether oxygens (including phenoxy) is 1. The Morgan fingerprint density at radius 3 is 2.19 bits per heavy atom. The summed E-state index contributed by atoms with van der Waals surface area (Å²) in [5.74, 6) is -0.593. The third kappa shape index (κ3) is 2.65. The van der Waals surface area contributed by atoms with Gasteiger partial charge in [0.25, 0.3) is 0 Å². The molecule has 1 N–H and O–H groups in total. The van der Waals surface area contributed by atoms with Crippen molar-refractivity contribution in [2.75, 3.05) is 7.05 Å². The first kappa shape index (κ1) is 17.3. The lowest BCUT2D eigenvalue weighted by molar-refractivity contribution is -0.201. The van der Waals surface area contributed by atoms with Crippen LogP contribution in [0.4, 0.5) is 0 Å². The molecule has 2 fully saturated rings. The van der Waals surface area contributed by atoms with E-state index in [0.29, 0.717) is 17.2 Å². The molecular weight excluding hydrogens is 326 g/mol. The Balaban J connectivity index is 1.72. The molecule has 4 heteroatoms. The minimum atomic E-state index is -1.81. The second-order valence-corrected chi connectivity index (χ2v) is 7.47. The van der Waals surface area contributed by atoms with Crippen LogP contribution >= 0.6 is 0 Å². The van der Waals surface area contributed by atoms with Crippen molar-refractivity contribution in [1.82, 2.24) is 4.90 Å². The van der Waals surface area contributed by atoms with E-state index in [9.17, 15) is 9.90 Å². The van der Waals surface area contributed by atoms with Gasteiger partial charge in [-0.05, 0) is 37.4 Å². The van der Waals surface area contributed by atoms with E-state index in [1.165, 1.54) is 0 Å². The Hall–Kier alpha value is -2.17. The van der Waals surface area contributed by atoms with E-state index in [-0.39, 0.29) is 0 Å². The number of rotatable bonds is 4. The standard InChI is InChI=1S/C22H25NO3/c1-23-19-13-8-15-21(23,16-14-19)26-20(24)22(25,17-9-4-2-5-10-17)18-11-6-3-7-12-18/h2-7,9-12,19,25H,8,13-16H2,1H3/t19-,21-/m1/s1. The molecule has 0 unspecified atom stereocenters. The van der Waals surface area contributed by atoms with E-state index in [0.717, 1.165) is 32.1 Å². The zero-order valence-electron chi connectivity index (χ0n) is 15.1. The van der Waals surface area contributed by atoms with E-state index in [2.05, 4.69) is 4.90 Å². The van der Waals surface area contributed by atoms with Crippen molar-refractivity contribution in [3.8, 4) is 0 Å². The summed E-state index contributed by atoms with van der Waals surface area (Å²) in [4.78, 5) is 15.6. The summed E-state index contributed by atoms with van der Waals surface area (Å²) in [5.41, 5.74) is -1.34. The van der Waals surface area contributed by atoms with Crippen molar-refractivity contribution in [2.24, 2.45) is 0 Å². The van der Waals surface area contributed by atoms with Crippen LogP contribution in [0, 0.1) is 0 Å². The third-order valence-corrected chi connectivity index (χ3v) is 6.12. The zero-order valence-corrected chi connectivity index (χ0v) is 15.1. The van der Waals surface area contributed by atoms with Gasteiger partial charge in [-0.25, -0.2) is 4.79 Å². The fourth-order valence-electron chi connectivity index (χ4n) is 4.53. The quantitative estimate of drug-likeness (QED) is 0.858. The predicted molar refractivity (Wildman–Crippen MR) is 99.3 cm³/mol. The number of hydrogen-bond acceptors (Lipinski definition) is 4. The Morgan fingerprint density at radius 2 is 1.62 bits per heavy atom. The molecule has 4 rings (SSSR count). The second kappa shape index (κ2) is 6.53. The molecular formula is C22H25NO3. The first-order valence-corrected chi connectivity index (χ1v) is 9.36. The number of piperidine rings is 1. The molecule has 2 bridgehead atoms. The average molecular weight is 351 g/mol. The van der Waals surface area contributed by atoms with Gasteiger partial charge < -0.3 is 9.84 Å². The largest absolute Gasteiger partial charge is 0.441 e. The number of hydrogen-bond donors (Lipinski definition) is 1. The molecule has 2 saturated heterocycles. The molecule has 0 radical (unpaired) electrons. The SMILES string of the molecule is CN1[C@@H]2CCC[C@@]1(OC(=O)C(O)(c1ccccc1)c1ccccc1)CC2. The molecule has 136 valence electrons. The van der Waals surface area contributed by atoms with Gasteiger partial charge >= 0.3 is 5.97 Å². The fourth-order valence-corrected chi connectivity index (χ4v) is 4.53. The summed E-state index contributed by atoms with van der Waals surface area (Å²) >= 11 is 0. The molecule has 2 aromatic carbocycles. The number of esters is 1. The van der Waals surface area contributed by atoms with Gasteiger partial charge in [-0.2, -0.15) is 0 Å². The minimum Gasteiger partial charge on any atom is -0.441 e. The van der Waals surface area contributed by atoms with Gasteiger partial charge in [-0.1, -0.05) is 60.7 Å². The van der Waals surface area contributed by atoms with Gasteiger partial charge in [0.1, 0.15) is 0 Å². The lowest BCUT2D eigenvalue weighted by atomic mass is 9.86. The van der Waals surface area contributed by atoms with Crippen LogP contribution in [0.2, 0.25) is 0 Å². The van der Waals surface area contributed by atoms with Crippen LogP contribution in [0.1, 0.15) is 43.2 Å². The summed E-state index contributed by atoms with van der Waals surface area (Å²) in [5, 5.41) is 11.6. The van der Waals surface area contributed by atoms with Gasteiger partial charge in [0.15, 0.2) is 5.72 Å². The van der Waals surface area contributed by atoms with Gasteiger partial charge in [0.2, 0.25) is 5.60 Å². The third-order valence-electron chi connectivity index (χ3n) is 6.12. The van der Waals surface area contributed by atoms with E-state index in [1.54, 1.807) is 24.3 Å². The van der Waals surface area contributed by atoms with Crippen molar-refractivity contribution in [3.63, 3.8) is 0 Å². The fraction of sp³-hybridized carbons (Fsp3) is 0.409. The number of carbonyl (C=O) groups excluding carboxylic acids is 1. The number of fused-ring (bicyclic) bond motifs is 2. The van der Waals surface area contributed by atoms with Gasteiger partial charge in [-0.3, -0.25) is 4.90 Å². The Morgan fingerprint density at radius 1 is 1.04 bits per heavy atom. The van der Waals surface area contributed by atoms with Crippen LogP contribution in [0.3, 0.4) is 0 Å². The molecule has 0 spiro atoms. The van der Waals surface area contributed by atoms with Crippen LogP contribution in [-0.4, -0.2) is 34.8 Å². The Kier molecular flexibility index (Phi) is 4.33. The van der Waals surface area contributed by atoms with Crippen LogP contribution in [-0.2, 0) is 15.1 Å². The van der Waals surface area contributed by atoms with Gasteiger partial charge in [0.05, 0.1) is 0 Å². The average Bonchev–Trinajstić information content (AvgIpc) is 2.86. The maximum Gasteiger partial charge on any atom is 0.349 e. The van der Waals surface area contributed by atoms with Crippen LogP contribution < -0.4 is 0 Å². The van der Waals surface area contributed by atoms with Crippen LogP contribution in [0.5, 0.6) is 0 Å². The number of benzene rings is 2. The van der Waals surface area contributed by atoms with E-state index >= 15 is 0 Å². The molecule has 0 aliphatic carbocycles. The van der Waals surface area contributed by atoms with Crippen molar-refractivity contribution in [2.45, 2.75) is 49.5 Å². The van der Waals surface area contributed by atoms with E-state index in [4.69, 9.17) is 4.74 Å². The maximum absolute atomic E-state index is 13.4. The summed E-state index contributed by atoms with van der Waals surface area (Å²) < 4.78 is 6.09. The molecule has 2 aromatic rings. The van der Waals surface area contributed by atoms with Crippen molar-refractivity contribution < 1.29 is 14.6 Å². The first-order chi connectivity index (χ1) is 12.6. The lowest BCUT2D eigenvalue weighted by Gasteiger charge is -2.43. The lowest BCUT2D eigenvalue weighted by Crippen LogP contribution is -2.53. The smallest absolute Gasteiger partial charge is 0.349 e. The molecule has 2 aliphatic rings. The summed E-state index contributed by atoms with van der Waals surface area (Å²) in [7, 11) is 2.04. The highest BCUT2D eigenvalue weighted by Crippen LogP contribution is 2.45. The number of aliphatic hydroxyl groups is 1. The minimum absolute atomic E-state index is 0.470. The highest BCUT2D eigenvalue weighted by Gasteiger charge is 2.53. The molecule has 2 aliphatic heterocycles. The van der Waals surface area contributed by atoms with Crippen molar-refractivity contribution in [1.29, 1.82) is 0 Å². The zero-order chi connectivity index (χ0) is 18.2. The molecule has 0 aromatic heterocycles. The number of carbonyl (C=O) groups is 1. The van der Waals surface area contributed by atoms with Crippen molar-refractivity contribution in [3.05, 3.63) is 71.8 Å². The summed E-state index contributed by atoms with van der Waals surface area (Å²) in [6, 6.07) is 18.6. The Labute approximate surface area is 154 Å². The maximum atomic E-state index is 13.4. The summed E-state index contributed by atoms with van der Waals surface area (Å²) in [6.07, 6.45) is 4.90. The predicted octanol–water partition coefficient (Wildman–Crippen LogP) is 3.44. The molecule has 2 heterocycles. The highest BCUT2D eigenvalue weighted by molar-refractivity contribution is 5.85. The van der Waals surface area contributed by atoms with E-state index in [1.807, 2.05) is 43.4 Å². The van der Waals surface area contributed by atoms with Crippen LogP contribution in [0.25, 0.3) is 0 Å². The second-order valence-electron chi connectivity index (χ2n) is 7.47. The number of nitrogens with zero attached hydrogens (tertiary/aromatic N) is 1.